The van der Waals surface area contributed by atoms with Crippen molar-refractivity contribution in [2.75, 3.05) is 11.6 Å². The van der Waals surface area contributed by atoms with Crippen molar-refractivity contribution in [3.63, 3.8) is 0 Å². The number of nitrogens with one attached hydrogen (secondary N) is 1. The van der Waals surface area contributed by atoms with Gasteiger partial charge in [-0.25, -0.2) is 4.98 Å². The number of halogens is 1. The first-order valence-electron chi connectivity index (χ1n) is 9.21. The number of thioether (sulfide) groups is 1. The van der Waals surface area contributed by atoms with Crippen molar-refractivity contribution in [1.29, 1.82) is 0 Å². The zero-order valence-electron chi connectivity index (χ0n) is 16.7. The molecule has 0 fully saturated rings. The third kappa shape index (κ3) is 4.59. The van der Waals surface area contributed by atoms with Crippen molar-refractivity contribution >= 4 is 34.8 Å². The maximum absolute atomic E-state index is 11.3. The van der Waals surface area contributed by atoms with Gasteiger partial charge < -0.3 is 35.0 Å². The quantitative estimate of drug-likeness (QED) is 0.217. The summed E-state index contributed by atoms with van der Waals surface area (Å²) in [6.45, 7) is 2.18. The largest absolute Gasteiger partial charge is 1.00 e. The predicted molar refractivity (Wildman–Crippen MR) is 116 cm³/mol. The molecule has 2 heterocycles. The number of amides is 1. The lowest BCUT2D eigenvalue weighted by molar-refractivity contribution is -0.683. The summed E-state index contributed by atoms with van der Waals surface area (Å²) >= 11 is 1.71. The fourth-order valence-electron chi connectivity index (χ4n) is 3.22. The first kappa shape index (κ1) is 22.1. The maximum Gasteiger partial charge on any atom is 0.283 e. The molecule has 2 aromatic carbocycles. The Morgan fingerprint density at radius 1 is 1.20 bits per heavy atom. The molecule has 0 saturated heterocycles. The van der Waals surface area contributed by atoms with Crippen molar-refractivity contribution in [3.8, 4) is 11.3 Å². The van der Waals surface area contributed by atoms with E-state index in [1.165, 1.54) is 4.90 Å². The molecule has 0 bridgehead atoms. The van der Waals surface area contributed by atoms with Crippen LogP contribution in [0.2, 0.25) is 0 Å². The van der Waals surface area contributed by atoms with Gasteiger partial charge in [0.25, 0.3) is 5.91 Å². The molecular weight excluding hydrogens is 509 g/mol. The topological polar surface area (TPSA) is 76.3 Å². The van der Waals surface area contributed by atoms with Gasteiger partial charge >= 0.3 is 0 Å². The van der Waals surface area contributed by atoms with Gasteiger partial charge in [0.05, 0.1) is 6.20 Å². The summed E-state index contributed by atoms with van der Waals surface area (Å²) in [5.74, 6) is 0.481. The van der Waals surface area contributed by atoms with E-state index in [2.05, 4.69) is 48.8 Å². The molecule has 0 unspecified atom stereocenters. The summed E-state index contributed by atoms with van der Waals surface area (Å²) in [6, 6.07) is 16.5. The third-order valence-corrected chi connectivity index (χ3v) is 5.47. The monoisotopic (exact) mass is 531 g/mol. The summed E-state index contributed by atoms with van der Waals surface area (Å²) in [5.41, 5.74) is 10.1. The molecule has 0 aliphatic carbocycles. The van der Waals surface area contributed by atoms with Crippen LogP contribution in [0.3, 0.4) is 0 Å². The maximum atomic E-state index is 11.3. The van der Waals surface area contributed by atoms with Gasteiger partial charge in [-0.2, -0.15) is 4.57 Å². The number of aromatic nitrogens is 3. The molecule has 2 aromatic heterocycles. The minimum atomic E-state index is -0.392. The molecule has 30 heavy (non-hydrogen) atoms. The molecule has 0 saturated carbocycles. The summed E-state index contributed by atoms with van der Waals surface area (Å²) < 4.78 is 3.73. The third-order valence-electron chi connectivity index (χ3n) is 4.73. The number of anilines is 2. The van der Waals surface area contributed by atoms with Crippen molar-refractivity contribution < 1.29 is 33.3 Å². The van der Waals surface area contributed by atoms with Gasteiger partial charge in [0.2, 0.25) is 18.4 Å². The molecule has 1 amide bonds. The van der Waals surface area contributed by atoms with Crippen LogP contribution in [-0.4, -0.2) is 21.5 Å². The minimum Gasteiger partial charge on any atom is -1.00 e. The Morgan fingerprint density at radius 3 is 2.60 bits per heavy atom. The van der Waals surface area contributed by atoms with Crippen LogP contribution in [0.15, 0.2) is 72.0 Å². The average Bonchev–Trinajstić information content (AvgIpc) is 3.07. The zero-order valence-corrected chi connectivity index (χ0v) is 19.6. The van der Waals surface area contributed by atoms with Gasteiger partial charge in [-0.15, -0.1) is 11.8 Å². The second-order valence-electron chi connectivity index (χ2n) is 6.77. The van der Waals surface area contributed by atoms with E-state index in [1.54, 1.807) is 16.3 Å². The molecule has 4 rings (SSSR count). The first-order valence-corrected chi connectivity index (χ1v) is 10.4. The number of para-hydroxylation sites is 1. The Balaban J connectivity index is 0.00000256. The van der Waals surface area contributed by atoms with Gasteiger partial charge in [-0.1, -0.05) is 30.3 Å². The van der Waals surface area contributed by atoms with Gasteiger partial charge in [0.15, 0.2) is 6.20 Å². The van der Waals surface area contributed by atoms with Crippen LogP contribution in [0, 0.1) is 6.92 Å². The van der Waals surface area contributed by atoms with Crippen LogP contribution in [-0.2, 0) is 11.3 Å². The number of nitrogens with zero attached hydrogens (tertiary/aromatic N) is 3. The fourth-order valence-corrected chi connectivity index (χ4v) is 3.63. The van der Waals surface area contributed by atoms with Crippen LogP contribution in [0.5, 0.6) is 0 Å². The van der Waals surface area contributed by atoms with E-state index in [-0.39, 0.29) is 30.5 Å². The Kier molecular flexibility index (Phi) is 6.99. The number of hydrogen-bond donors (Lipinski definition) is 2. The highest BCUT2D eigenvalue weighted by Crippen LogP contribution is 2.32. The van der Waals surface area contributed by atoms with Crippen molar-refractivity contribution in [2.24, 2.45) is 5.73 Å². The van der Waals surface area contributed by atoms with Crippen molar-refractivity contribution in [3.05, 3.63) is 72.7 Å². The number of imidazole rings is 1. The van der Waals surface area contributed by atoms with Crippen LogP contribution in [0.25, 0.3) is 16.9 Å². The van der Waals surface area contributed by atoms with Crippen LogP contribution in [0.4, 0.5) is 11.5 Å². The Bertz CT molecular complexity index is 1190. The van der Waals surface area contributed by atoms with Gasteiger partial charge in [-0.3, -0.25) is 9.20 Å². The van der Waals surface area contributed by atoms with E-state index >= 15 is 0 Å². The molecule has 6 nitrogen and oxygen atoms in total. The second-order valence-corrected chi connectivity index (χ2v) is 7.65. The number of carbonyl (C=O) groups is 1. The van der Waals surface area contributed by atoms with Gasteiger partial charge in [0.1, 0.15) is 11.5 Å². The SMILES string of the molecule is CSc1ccc(-c2nc3c[n+](CC(N)=O)ccn3c2Nc2ccccc2C)cc1.[I-]. The molecule has 0 atom stereocenters. The highest BCUT2D eigenvalue weighted by atomic mass is 127. The predicted octanol–water partition coefficient (Wildman–Crippen LogP) is 0.552. The van der Waals surface area contributed by atoms with Gasteiger partial charge in [0, 0.05) is 16.1 Å². The Morgan fingerprint density at radius 2 is 1.93 bits per heavy atom. The average molecular weight is 531 g/mol. The lowest BCUT2D eigenvalue weighted by Gasteiger charge is -2.11. The number of primary amides is 1. The van der Waals surface area contributed by atoms with E-state index in [4.69, 9.17) is 10.7 Å². The van der Waals surface area contributed by atoms with E-state index in [0.29, 0.717) is 0 Å². The normalized spacial score (nSPS) is 10.6. The van der Waals surface area contributed by atoms with Crippen LogP contribution >= 0.6 is 11.8 Å². The second kappa shape index (κ2) is 9.48. The summed E-state index contributed by atoms with van der Waals surface area (Å²) in [7, 11) is 0. The lowest BCUT2D eigenvalue weighted by Crippen LogP contribution is -3.00. The molecule has 0 radical (unpaired) electrons. The number of fused-ring (bicyclic) bond motifs is 1. The van der Waals surface area contributed by atoms with E-state index in [9.17, 15) is 4.79 Å². The number of aryl methyl sites for hydroxylation is 1. The summed E-state index contributed by atoms with van der Waals surface area (Å²) in [4.78, 5) is 17.3. The van der Waals surface area contributed by atoms with Crippen molar-refractivity contribution in [2.45, 2.75) is 18.4 Å². The molecule has 8 heteroatoms. The van der Waals surface area contributed by atoms with Crippen LogP contribution in [0.1, 0.15) is 5.56 Å². The number of rotatable bonds is 6. The number of nitrogens with two attached hydrogens (primary N) is 1. The molecule has 0 aliphatic heterocycles. The van der Waals surface area contributed by atoms with Crippen LogP contribution < -0.4 is 39.6 Å². The number of benzene rings is 2. The minimum absolute atomic E-state index is 0. The fraction of sp³-hybridized carbons (Fsp3) is 0.136. The Hall–Kier alpha value is -2.59. The molecule has 3 N–H and O–H groups in total. The Labute approximate surface area is 196 Å². The number of carbonyl (C=O) groups excluding carboxylic acids is 1. The molecule has 0 spiro atoms. The standard InChI is InChI=1S/C22H21N5OS.HI/c1-15-5-3-4-6-18(15)24-22-21(16-7-9-17(29-2)10-8-16)25-20-14-26(13-19(23)28)11-12-27(20)22;/h3-12,14H,13H2,1-2H3,(H2,23,28);1H. The van der Waals surface area contributed by atoms with Gasteiger partial charge in [-0.05, 0) is 36.9 Å². The highest BCUT2D eigenvalue weighted by Gasteiger charge is 2.18. The summed E-state index contributed by atoms with van der Waals surface area (Å²) in [6.07, 6.45) is 7.60. The van der Waals surface area contributed by atoms with Crippen molar-refractivity contribution in [1.82, 2.24) is 9.38 Å². The molecule has 154 valence electrons. The van der Waals surface area contributed by atoms with E-state index in [0.717, 1.165) is 34.0 Å². The zero-order chi connectivity index (χ0) is 20.4. The lowest BCUT2D eigenvalue weighted by atomic mass is 10.1. The van der Waals surface area contributed by atoms with E-state index < -0.39 is 5.91 Å². The molecule has 0 aliphatic rings. The molecular formula is C22H22IN5OS. The highest BCUT2D eigenvalue weighted by molar-refractivity contribution is 7.98. The summed E-state index contributed by atoms with van der Waals surface area (Å²) in [5, 5.41) is 3.55. The molecule has 4 aromatic rings. The smallest absolute Gasteiger partial charge is 0.283 e. The first-order chi connectivity index (χ1) is 14.0. The number of hydrogen-bond acceptors (Lipinski definition) is 4. The van der Waals surface area contributed by atoms with E-state index in [1.807, 2.05) is 41.2 Å².